The Labute approximate surface area is 244 Å². The van der Waals surface area contributed by atoms with Crippen LogP contribution in [0, 0.1) is 0 Å². The average molecular weight is 592 g/mol. The zero-order valence-corrected chi connectivity index (χ0v) is 25.0. The van der Waals surface area contributed by atoms with Crippen LogP contribution < -0.4 is 10.9 Å². The molecule has 3 aromatic rings. The third-order valence-electron chi connectivity index (χ3n) is 6.10. The number of rotatable bonds is 11. The molecule has 2 aromatic carbocycles. The number of nitrogens with zero attached hydrogens (tertiary/aromatic N) is 1. The Balaban J connectivity index is 2.23. The summed E-state index contributed by atoms with van der Waals surface area (Å²) in [5.74, 6) is -1.42. The van der Waals surface area contributed by atoms with Gasteiger partial charge in [-0.1, -0.05) is 48.7 Å². The summed E-state index contributed by atoms with van der Waals surface area (Å²) in [5, 5.41) is 4.39. The molecule has 216 valence electrons. The Morgan fingerprint density at radius 1 is 1.02 bits per heavy atom. The molecule has 0 bridgehead atoms. The molecule has 0 aliphatic heterocycles. The molecule has 0 spiro atoms. The molecule has 1 unspecified atom stereocenters. The van der Waals surface area contributed by atoms with Gasteiger partial charge in [-0.15, -0.1) is 0 Å². The maximum absolute atomic E-state index is 14.3. The van der Waals surface area contributed by atoms with Crippen LogP contribution in [0.5, 0.6) is 0 Å². The van der Waals surface area contributed by atoms with Gasteiger partial charge in [0.15, 0.2) is 6.79 Å². The highest BCUT2D eigenvalue weighted by Crippen LogP contribution is 2.37. The molecule has 1 heterocycles. The summed E-state index contributed by atoms with van der Waals surface area (Å²) in [5.41, 5.74) is 1.17. The van der Waals surface area contributed by atoms with Gasteiger partial charge in [-0.25, -0.2) is 4.79 Å². The highest BCUT2D eigenvalue weighted by atomic mass is 35.5. The number of pyridine rings is 1. The SMILES string of the molecule is CCCC(C(=O)OCOCC)c1c(-c2ccc(Cl)cc2)c2cc(Cl)ccc2n(CCNC(=O)OC(C)(C)C)c1=O. The topological polar surface area (TPSA) is 95.9 Å². The van der Waals surface area contributed by atoms with Crippen molar-refractivity contribution in [1.29, 1.82) is 0 Å². The first-order valence-corrected chi connectivity index (χ1v) is 14.1. The fraction of sp³-hybridized carbons (Fsp3) is 0.433. The summed E-state index contributed by atoms with van der Waals surface area (Å²) in [6, 6.07) is 12.3. The number of nitrogens with one attached hydrogen (secondary N) is 1. The standard InChI is InChI=1S/C30H36Cl2N2O6/c1-6-8-22(28(36)39-18-38-7-2)26-25(19-9-11-20(31)12-10-19)23-17-21(32)13-14-24(23)34(27(26)35)16-15-33-29(37)40-30(3,4)5/h9-14,17,22H,6-8,15-16,18H2,1-5H3,(H,33,37). The van der Waals surface area contributed by atoms with Crippen LogP contribution in [-0.4, -0.2) is 42.2 Å². The maximum Gasteiger partial charge on any atom is 0.407 e. The zero-order chi connectivity index (χ0) is 29.4. The first kappa shape index (κ1) is 31.5. The number of hydrogen-bond acceptors (Lipinski definition) is 6. The number of alkyl carbamates (subject to hydrolysis) is 1. The minimum atomic E-state index is -0.864. The van der Waals surface area contributed by atoms with Crippen molar-refractivity contribution in [3.63, 3.8) is 0 Å². The fourth-order valence-corrected chi connectivity index (χ4v) is 4.76. The van der Waals surface area contributed by atoms with Crippen LogP contribution in [0.4, 0.5) is 4.79 Å². The van der Waals surface area contributed by atoms with Gasteiger partial charge >= 0.3 is 12.1 Å². The van der Waals surface area contributed by atoms with Crippen LogP contribution in [0.3, 0.4) is 0 Å². The van der Waals surface area contributed by atoms with Crippen LogP contribution in [-0.2, 0) is 25.5 Å². The summed E-state index contributed by atoms with van der Waals surface area (Å²) in [4.78, 5) is 39.9. The van der Waals surface area contributed by atoms with E-state index < -0.39 is 23.6 Å². The third-order valence-corrected chi connectivity index (χ3v) is 6.59. The van der Waals surface area contributed by atoms with Crippen molar-refractivity contribution in [3.8, 4) is 11.1 Å². The van der Waals surface area contributed by atoms with Crippen LogP contribution in [0.2, 0.25) is 10.0 Å². The van der Waals surface area contributed by atoms with E-state index >= 15 is 0 Å². The Kier molecular flexibility index (Phi) is 11.0. The average Bonchev–Trinajstić information content (AvgIpc) is 2.88. The minimum Gasteiger partial charge on any atom is -0.444 e. The summed E-state index contributed by atoms with van der Waals surface area (Å²) in [7, 11) is 0. The molecule has 3 rings (SSSR count). The molecule has 1 atom stereocenters. The molecule has 0 aliphatic carbocycles. The van der Waals surface area contributed by atoms with Gasteiger partial charge in [-0.3, -0.25) is 9.59 Å². The summed E-state index contributed by atoms with van der Waals surface area (Å²) in [6.07, 6.45) is 0.416. The van der Waals surface area contributed by atoms with E-state index in [4.69, 9.17) is 37.4 Å². The molecular formula is C30H36Cl2N2O6. The van der Waals surface area contributed by atoms with E-state index in [0.717, 1.165) is 0 Å². The van der Waals surface area contributed by atoms with Gasteiger partial charge in [0, 0.05) is 46.3 Å². The number of halogens is 2. The van der Waals surface area contributed by atoms with E-state index in [1.165, 1.54) is 0 Å². The number of benzene rings is 2. The number of amides is 1. The van der Waals surface area contributed by atoms with Gasteiger partial charge in [0.25, 0.3) is 5.56 Å². The summed E-state index contributed by atoms with van der Waals surface area (Å²) >= 11 is 12.6. The second kappa shape index (κ2) is 14.0. The molecule has 40 heavy (non-hydrogen) atoms. The second-order valence-corrected chi connectivity index (χ2v) is 11.1. The first-order valence-electron chi connectivity index (χ1n) is 13.3. The Hall–Kier alpha value is -3.07. The van der Waals surface area contributed by atoms with Crippen LogP contribution in [0.15, 0.2) is 47.3 Å². The smallest absolute Gasteiger partial charge is 0.407 e. The normalized spacial score (nSPS) is 12.3. The van der Waals surface area contributed by atoms with Crippen molar-refractivity contribution >= 4 is 46.2 Å². The molecule has 10 heteroatoms. The number of esters is 1. The van der Waals surface area contributed by atoms with Gasteiger partial charge in [-0.05, 0) is 70.0 Å². The van der Waals surface area contributed by atoms with Crippen molar-refractivity contribution < 1.29 is 23.8 Å². The Morgan fingerprint density at radius 2 is 1.70 bits per heavy atom. The van der Waals surface area contributed by atoms with Gasteiger partial charge in [0.2, 0.25) is 0 Å². The zero-order valence-electron chi connectivity index (χ0n) is 23.5. The lowest BCUT2D eigenvalue weighted by atomic mass is 9.86. The van der Waals surface area contributed by atoms with Gasteiger partial charge in [-0.2, -0.15) is 0 Å². The van der Waals surface area contributed by atoms with E-state index in [1.54, 1.807) is 62.6 Å². The van der Waals surface area contributed by atoms with Gasteiger partial charge < -0.3 is 24.1 Å². The Morgan fingerprint density at radius 3 is 2.33 bits per heavy atom. The Bertz CT molecular complexity index is 1400. The molecule has 1 amide bonds. The van der Waals surface area contributed by atoms with Crippen molar-refractivity contribution in [2.45, 2.75) is 65.5 Å². The van der Waals surface area contributed by atoms with Crippen molar-refractivity contribution in [2.75, 3.05) is 19.9 Å². The van der Waals surface area contributed by atoms with E-state index in [-0.39, 0.29) is 31.0 Å². The lowest BCUT2D eigenvalue weighted by Crippen LogP contribution is -2.37. The number of ether oxygens (including phenoxy) is 3. The molecule has 0 radical (unpaired) electrons. The molecular weight excluding hydrogens is 555 g/mol. The van der Waals surface area contributed by atoms with E-state index in [2.05, 4.69) is 5.32 Å². The van der Waals surface area contributed by atoms with Crippen LogP contribution in [0.1, 0.15) is 58.9 Å². The monoisotopic (exact) mass is 590 g/mol. The number of aromatic nitrogens is 1. The second-order valence-electron chi connectivity index (χ2n) is 10.3. The van der Waals surface area contributed by atoms with Crippen molar-refractivity contribution in [3.05, 3.63) is 68.4 Å². The summed E-state index contributed by atoms with van der Waals surface area (Å²) in [6.45, 7) is 9.49. The predicted molar refractivity (Wildman–Crippen MR) is 158 cm³/mol. The van der Waals surface area contributed by atoms with E-state index in [1.807, 2.05) is 19.1 Å². The molecule has 0 fully saturated rings. The summed E-state index contributed by atoms with van der Waals surface area (Å²) < 4.78 is 17.5. The highest BCUT2D eigenvalue weighted by Gasteiger charge is 2.31. The number of carbonyl (C=O) groups excluding carboxylic acids is 2. The molecule has 0 saturated heterocycles. The van der Waals surface area contributed by atoms with Gasteiger partial charge in [0.1, 0.15) is 5.60 Å². The first-order chi connectivity index (χ1) is 19.0. The molecule has 0 saturated carbocycles. The maximum atomic E-state index is 14.3. The quantitative estimate of drug-likeness (QED) is 0.148. The molecule has 0 aliphatic rings. The minimum absolute atomic E-state index is 0.125. The molecule has 8 nitrogen and oxygen atoms in total. The number of carbonyl (C=O) groups is 2. The van der Waals surface area contributed by atoms with Crippen molar-refractivity contribution in [2.24, 2.45) is 0 Å². The van der Waals surface area contributed by atoms with Crippen LogP contribution >= 0.6 is 23.2 Å². The van der Waals surface area contributed by atoms with Crippen LogP contribution in [0.25, 0.3) is 22.0 Å². The van der Waals surface area contributed by atoms with E-state index in [0.29, 0.717) is 51.5 Å². The van der Waals surface area contributed by atoms with E-state index in [9.17, 15) is 14.4 Å². The van der Waals surface area contributed by atoms with Gasteiger partial charge in [0.05, 0.1) is 11.4 Å². The number of fused-ring (bicyclic) bond motifs is 1. The lowest BCUT2D eigenvalue weighted by Gasteiger charge is -2.24. The van der Waals surface area contributed by atoms with Crippen molar-refractivity contribution in [1.82, 2.24) is 9.88 Å². The lowest BCUT2D eigenvalue weighted by molar-refractivity contribution is -0.158. The fourth-order valence-electron chi connectivity index (χ4n) is 4.46. The third kappa shape index (κ3) is 7.99. The largest absolute Gasteiger partial charge is 0.444 e. The highest BCUT2D eigenvalue weighted by molar-refractivity contribution is 6.31. The predicted octanol–water partition coefficient (Wildman–Crippen LogP) is 6.92. The molecule has 1 N–H and O–H groups in total. The number of hydrogen-bond donors (Lipinski definition) is 1. The molecule has 1 aromatic heterocycles.